The van der Waals surface area contributed by atoms with Crippen LogP contribution in [0.5, 0.6) is 0 Å². The van der Waals surface area contributed by atoms with Crippen LogP contribution in [0.25, 0.3) is 0 Å². The van der Waals surface area contributed by atoms with E-state index in [1.54, 1.807) is 4.90 Å². The first-order valence-corrected chi connectivity index (χ1v) is 8.71. The highest BCUT2D eigenvalue weighted by molar-refractivity contribution is 5.84. The number of hydrogen-bond donors (Lipinski definition) is 2. The van der Waals surface area contributed by atoms with E-state index >= 15 is 0 Å². The van der Waals surface area contributed by atoms with Gasteiger partial charge >= 0.3 is 5.97 Å². The quantitative estimate of drug-likeness (QED) is 0.838. The molecule has 0 aliphatic carbocycles. The first-order valence-electron chi connectivity index (χ1n) is 8.71. The van der Waals surface area contributed by atoms with Crippen LogP contribution in [-0.2, 0) is 16.0 Å². The maximum atomic E-state index is 12.1. The summed E-state index contributed by atoms with van der Waals surface area (Å²) in [6, 6.07) is 7.71. The van der Waals surface area contributed by atoms with Crippen LogP contribution in [0.4, 0.5) is 0 Å². The minimum Gasteiger partial charge on any atom is -0.480 e. The first-order chi connectivity index (χ1) is 11.4. The third-order valence-corrected chi connectivity index (χ3v) is 4.85. The van der Waals surface area contributed by atoms with E-state index in [2.05, 4.69) is 38.1 Å². The van der Waals surface area contributed by atoms with E-state index in [9.17, 15) is 9.59 Å². The van der Waals surface area contributed by atoms with Crippen LogP contribution in [-0.4, -0.2) is 41.0 Å². The van der Waals surface area contributed by atoms with E-state index in [0.29, 0.717) is 24.9 Å². The molecule has 1 aromatic rings. The van der Waals surface area contributed by atoms with E-state index in [-0.39, 0.29) is 12.3 Å². The second-order valence-corrected chi connectivity index (χ2v) is 7.07. The zero-order valence-electron chi connectivity index (χ0n) is 14.6. The van der Waals surface area contributed by atoms with Gasteiger partial charge in [0.1, 0.15) is 6.04 Å². The highest BCUT2D eigenvalue weighted by Crippen LogP contribution is 2.23. The van der Waals surface area contributed by atoms with Gasteiger partial charge in [-0.15, -0.1) is 0 Å². The molecule has 0 aromatic heterocycles. The molecule has 1 aliphatic rings. The average Bonchev–Trinajstić information content (AvgIpc) is 2.55. The molecule has 0 spiro atoms. The number of nitrogens with zero attached hydrogens (tertiary/aromatic N) is 1. The number of nitrogens with two attached hydrogens (primary N) is 1. The number of likely N-dealkylation sites (tertiary alicyclic amines) is 1. The molecule has 0 saturated carbocycles. The first kappa shape index (κ1) is 18.5. The molecule has 3 N–H and O–H groups in total. The maximum Gasteiger partial charge on any atom is 0.321 e. The lowest BCUT2D eigenvalue weighted by atomic mass is 9.89. The Morgan fingerprint density at radius 2 is 1.79 bits per heavy atom. The fraction of sp³-hybridized carbons (Fsp3) is 0.579. The van der Waals surface area contributed by atoms with Crippen LogP contribution in [0.1, 0.15) is 50.2 Å². The van der Waals surface area contributed by atoms with Gasteiger partial charge < -0.3 is 15.7 Å². The average molecular weight is 332 g/mol. The predicted molar refractivity (Wildman–Crippen MR) is 93.8 cm³/mol. The number of carboxylic acid groups (broad SMARTS) is 1. The molecule has 0 radical (unpaired) electrons. The van der Waals surface area contributed by atoms with Crippen molar-refractivity contribution >= 4 is 11.9 Å². The zero-order chi connectivity index (χ0) is 17.7. The van der Waals surface area contributed by atoms with Crippen molar-refractivity contribution < 1.29 is 14.7 Å². The Morgan fingerprint density at radius 1 is 1.21 bits per heavy atom. The minimum absolute atomic E-state index is 0.114. The Bertz CT molecular complexity index is 560. The Labute approximate surface area is 143 Å². The van der Waals surface area contributed by atoms with Crippen LogP contribution in [0, 0.1) is 5.92 Å². The number of carbonyl (C=O) groups is 2. The standard InChI is InChI=1S/C19H28N2O3/c1-13(2)16-5-3-14(4-6-16)11-15-7-9-21(10-8-15)18(22)12-17(20)19(23)24/h3-6,13,15,17H,7-12,20H2,1-2H3,(H,23,24)/t17-/m0/s1. The van der Waals surface area contributed by atoms with Crippen molar-refractivity contribution in [3.63, 3.8) is 0 Å². The molecule has 2 rings (SSSR count). The lowest BCUT2D eigenvalue weighted by Crippen LogP contribution is -2.43. The molecule has 24 heavy (non-hydrogen) atoms. The van der Waals surface area contributed by atoms with Crippen molar-refractivity contribution in [3.8, 4) is 0 Å². The summed E-state index contributed by atoms with van der Waals surface area (Å²) in [4.78, 5) is 24.6. The van der Waals surface area contributed by atoms with Crippen molar-refractivity contribution in [2.45, 2.75) is 51.5 Å². The zero-order valence-corrected chi connectivity index (χ0v) is 14.6. The predicted octanol–water partition coefficient (Wildman–Crippen LogP) is 2.39. The lowest BCUT2D eigenvalue weighted by Gasteiger charge is -2.32. The van der Waals surface area contributed by atoms with Crippen molar-refractivity contribution in [1.29, 1.82) is 0 Å². The normalized spacial score (nSPS) is 17.1. The molecular formula is C19H28N2O3. The second kappa shape index (κ2) is 8.29. The minimum atomic E-state index is -1.12. The van der Waals surface area contributed by atoms with Gasteiger partial charge in [0.15, 0.2) is 0 Å². The Balaban J connectivity index is 1.80. The number of carbonyl (C=O) groups excluding carboxylic acids is 1. The summed E-state index contributed by atoms with van der Waals surface area (Å²) in [5.74, 6) is -0.148. The number of aliphatic carboxylic acids is 1. The number of rotatable bonds is 6. The fourth-order valence-corrected chi connectivity index (χ4v) is 3.16. The summed E-state index contributed by atoms with van der Waals surface area (Å²) in [7, 11) is 0. The van der Waals surface area contributed by atoms with E-state index in [0.717, 1.165) is 19.3 Å². The van der Waals surface area contributed by atoms with Crippen LogP contribution in [0.15, 0.2) is 24.3 Å². The summed E-state index contributed by atoms with van der Waals surface area (Å²) < 4.78 is 0. The van der Waals surface area contributed by atoms with Gasteiger partial charge in [0.25, 0.3) is 0 Å². The largest absolute Gasteiger partial charge is 0.480 e. The molecule has 5 nitrogen and oxygen atoms in total. The lowest BCUT2D eigenvalue weighted by molar-refractivity contribution is -0.142. The van der Waals surface area contributed by atoms with Gasteiger partial charge in [0.2, 0.25) is 5.91 Å². The van der Waals surface area contributed by atoms with Gasteiger partial charge in [-0.1, -0.05) is 38.1 Å². The van der Waals surface area contributed by atoms with Crippen LogP contribution < -0.4 is 5.73 Å². The van der Waals surface area contributed by atoms with Crippen molar-refractivity contribution in [3.05, 3.63) is 35.4 Å². The number of carboxylic acids is 1. The van der Waals surface area contributed by atoms with Gasteiger partial charge in [-0.05, 0) is 42.2 Å². The molecule has 1 fully saturated rings. The second-order valence-electron chi connectivity index (χ2n) is 7.07. The van der Waals surface area contributed by atoms with Gasteiger partial charge in [0, 0.05) is 13.1 Å². The summed E-state index contributed by atoms with van der Waals surface area (Å²) in [5, 5.41) is 8.79. The Hall–Kier alpha value is -1.88. The smallest absolute Gasteiger partial charge is 0.321 e. The van der Waals surface area contributed by atoms with Crippen molar-refractivity contribution in [1.82, 2.24) is 4.90 Å². The van der Waals surface area contributed by atoms with Crippen molar-refractivity contribution in [2.75, 3.05) is 13.1 Å². The SMILES string of the molecule is CC(C)c1ccc(CC2CCN(C(=O)C[C@H](N)C(=O)O)CC2)cc1. The molecule has 0 bridgehead atoms. The highest BCUT2D eigenvalue weighted by atomic mass is 16.4. The van der Waals surface area contributed by atoms with E-state index < -0.39 is 12.0 Å². The molecular weight excluding hydrogens is 304 g/mol. The third-order valence-electron chi connectivity index (χ3n) is 4.85. The molecule has 1 aromatic carbocycles. The highest BCUT2D eigenvalue weighted by Gasteiger charge is 2.25. The van der Waals surface area contributed by atoms with Gasteiger partial charge in [0.05, 0.1) is 6.42 Å². The van der Waals surface area contributed by atoms with Gasteiger partial charge in [-0.3, -0.25) is 9.59 Å². The number of piperidine rings is 1. The number of amides is 1. The van der Waals surface area contributed by atoms with Crippen LogP contribution in [0.2, 0.25) is 0 Å². The Kier molecular flexibility index (Phi) is 6.37. The number of benzene rings is 1. The topological polar surface area (TPSA) is 83.6 Å². The molecule has 132 valence electrons. The fourth-order valence-electron chi connectivity index (χ4n) is 3.16. The summed E-state index contributed by atoms with van der Waals surface area (Å²) in [6.45, 7) is 5.77. The summed E-state index contributed by atoms with van der Waals surface area (Å²) in [5.41, 5.74) is 8.14. The van der Waals surface area contributed by atoms with Crippen molar-refractivity contribution in [2.24, 2.45) is 11.7 Å². The molecule has 1 aliphatic heterocycles. The number of hydrogen-bond acceptors (Lipinski definition) is 3. The monoisotopic (exact) mass is 332 g/mol. The molecule has 1 amide bonds. The third kappa shape index (κ3) is 5.06. The van der Waals surface area contributed by atoms with E-state index in [1.807, 2.05) is 0 Å². The maximum absolute atomic E-state index is 12.1. The van der Waals surface area contributed by atoms with Crippen LogP contribution in [0.3, 0.4) is 0 Å². The van der Waals surface area contributed by atoms with Crippen LogP contribution >= 0.6 is 0 Å². The molecule has 5 heteroatoms. The van der Waals surface area contributed by atoms with Gasteiger partial charge in [-0.2, -0.15) is 0 Å². The van der Waals surface area contributed by atoms with E-state index in [4.69, 9.17) is 10.8 Å². The molecule has 1 heterocycles. The molecule has 1 atom stereocenters. The molecule has 0 unspecified atom stereocenters. The van der Waals surface area contributed by atoms with Gasteiger partial charge in [-0.25, -0.2) is 0 Å². The Morgan fingerprint density at radius 3 is 2.29 bits per heavy atom. The van der Waals surface area contributed by atoms with E-state index in [1.165, 1.54) is 11.1 Å². The molecule has 1 saturated heterocycles. The summed E-state index contributed by atoms with van der Waals surface area (Å²) >= 11 is 0. The summed E-state index contributed by atoms with van der Waals surface area (Å²) in [6.07, 6.45) is 2.84.